The van der Waals surface area contributed by atoms with E-state index in [0.29, 0.717) is 17.4 Å². The number of carbonyl (C=O) groups is 3. The van der Waals surface area contributed by atoms with Crippen LogP contribution in [0.25, 0.3) is 0 Å². The average Bonchev–Trinajstić information content (AvgIpc) is 1.16. The van der Waals surface area contributed by atoms with Crippen LogP contribution >= 0.6 is 0 Å². The Kier molecular flexibility index (Phi) is 75.9. The third-order valence-corrected chi connectivity index (χ3v) is 18.2. The number of carboxylic acid groups (broad SMARTS) is 1. The van der Waals surface area contributed by atoms with Gasteiger partial charge in [0.1, 0.15) is 13.2 Å². The Bertz CT molecular complexity index is 2050. The van der Waals surface area contributed by atoms with Gasteiger partial charge in [-0.2, -0.15) is 0 Å². The first-order valence-corrected chi connectivity index (χ1v) is 41.7. The van der Waals surface area contributed by atoms with Gasteiger partial charge < -0.3 is 28.5 Å². The second-order valence-electron chi connectivity index (χ2n) is 29.1. The number of likely N-dealkylation sites (N-methyl/N-ethyl adjacent to an activating group) is 1. The van der Waals surface area contributed by atoms with E-state index in [2.05, 4.69) is 135 Å². The van der Waals surface area contributed by atoms with Crippen LogP contribution in [0.3, 0.4) is 0 Å². The number of esters is 2. The third kappa shape index (κ3) is 80.9. The van der Waals surface area contributed by atoms with E-state index in [-0.39, 0.29) is 32.2 Å². The maximum absolute atomic E-state index is 13.0. The maximum Gasteiger partial charge on any atom is 0.361 e. The lowest BCUT2D eigenvalue weighted by Gasteiger charge is -2.25. The lowest BCUT2D eigenvalue weighted by Crippen LogP contribution is -2.40. The number of allylic oxidation sites excluding steroid dienone is 20. The van der Waals surface area contributed by atoms with E-state index in [9.17, 15) is 19.5 Å². The highest BCUT2D eigenvalue weighted by Gasteiger charge is 2.25. The third-order valence-electron chi connectivity index (χ3n) is 18.2. The van der Waals surface area contributed by atoms with E-state index in [4.69, 9.17) is 18.9 Å². The second kappa shape index (κ2) is 79.4. The van der Waals surface area contributed by atoms with Crippen molar-refractivity contribution in [2.75, 3.05) is 47.5 Å². The first-order chi connectivity index (χ1) is 48.6. The van der Waals surface area contributed by atoms with E-state index in [1.165, 1.54) is 244 Å². The summed E-state index contributed by atoms with van der Waals surface area (Å²) in [7, 11) is 5.99. The van der Waals surface area contributed by atoms with Gasteiger partial charge in [0.25, 0.3) is 6.29 Å². The molecule has 0 aliphatic heterocycles. The summed E-state index contributed by atoms with van der Waals surface area (Å²) in [6, 6.07) is 0. The molecule has 0 saturated heterocycles. The molecule has 0 aliphatic rings. The van der Waals surface area contributed by atoms with Gasteiger partial charge >= 0.3 is 17.9 Å². The minimum absolute atomic E-state index is 0.183. The van der Waals surface area contributed by atoms with Gasteiger partial charge in [-0.1, -0.05) is 373 Å². The Morgan fingerprint density at radius 3 is 0.859 bits per heavy atom. The molecular weight excluding hydrogens is 1220 g/mol. The number of unbranched alkanes of at least 4 members (excludes halogenated alkanes) is 42. The summed E-state index contributed by atoms with van der Waals surface area (Å²) < 4.78 is 23.1. The monoisotopic (exact) mass is 1380 g/mol. The normalized spacial score (nSPS) is 13.3. The highest BCUT2D eigenvalue weighted by molar-refractivity contribution is 5.71. The summed E-state index contributed by atoms with van der Waals surface area (Å²) >= 11 is 0. The van der Waals surface area contributed by atoms with Crippen molar-refractivity contribution in [3.63, 3.8) is 0 Å². The predicted molar refractivity (Wildman–Crippen MR) is 428 cm³/mol. The summed E-state index contributed by atoms with van der Waals surface area (Å²) in [6.45, 7) is 4.79. The fourth-order valence-corrected chi connectivity index (χ4v) is 11.9. The molecule has 99 heavy (non-hydrogen) atoms. The zero-order valence-corrected chi connectivity index (χ0v) is 65.4. The highest BCUT2D eigenvalue weighted by atomic mass is 16.7. The van der Waals surface area contributed by atoms with Gasteiger partial charge in [0.15, 0.2) is 6.10 Å². The molecule has 9 nitrogen and oxygen atoms in total. The quantitative estimate of drug-likeness (QED) is 0.0211. The fraction of sp³-hybridized carbons (Fsp3) is 0.744. The van der Waals surface area contributed by atoms with E-state index in [1.54, 1.807) is 0 Å². The molecule has 0 rings (SSSR count). The molecule has 2 unspecified atom stereocenters. The van der Waals surface area contributed by atoms with Crippen LogP contribution in [0.2, 0.25) is 0 Å². The number of hydrogen-bond donors (Lipinski definition) is 1. The van der Waals surface area contributed by atoms with Crippen LogP contribution in [0.5, 0.6) is 0 Å². The zero-order valence-electron chi connectivity index (χ0n) is 65.4. The van der Waals surface area contributed by atoms with E-state index >= 15 is 0 Å². The number of rotatable bonds is 77. The molecule has 0 aromatic heterocycles. The predicted octanol–water partition coefficient (Wildman–Crippen LogP) is 27.0. The first-order valence-electron chi connectivity index (χ1n) is 41.7. The van der Waals surface area contributed by atoms with E-state index < -0.39 is 24.3 Å². The van der Waals surface area contributed by atoms with Crippen molar-refractivity contribution in [2.45, 2.75) is 386 Å². The lowest BCUT2D eigenvalue weighted by molar-refractivity contribution is -0.870. The molecule has 0 spiro atoms. The van der Waals surface area contributed by atoms with Crippen LogP contribution in [-0.2, 0) is 33.3 Å². The van der Waals surface area contributed by atoms with Crippen molar-refractivity contribution < 1.29 is 42.9 Å². The van der Waals surface area contributed by atoms with Crippen LogP contribution < -0.4 is 0 Å². The number of hydrogen-bond acceptors (Lipinski definition) is 7. The summed E-state index contributed by atoms with van der Waals surface area (Å²) in [6.07, 6.45) is 111. The Labute approximate surface area is 612 Å². The van der Waals surface area contributed by atoms with Crippen molar-refractivity contribution in [1.82, 2.24) is 0 Å². The summed E-state index contributed by atoms with van der Waals surface area (Å²) in [4.78, 5) is 37.8. The van der Waals surface area contributed by atoms with Crippen LogP contribution in [0.15, 0.2) is 122 Å². The van der Waals surface area contributed by atoms with Crippen molar-refractivity contribution in [2.24, 2.45) is 0 Å². The molecule has 0 bridgehead atoms. The topological polar surface area (TPSA) is 108 Å². The maximum atomic E-state index is 13.0. The van der Waals surface area contributed by atoms with Gasteiger partial charge in [0.2, 0.25) is 0 Å². The van der Waals surface area contributed by atoms with Gasteiger partial charge in [-0.15, -0.1) is 0 Å². The molecule has 570 valence electrons. The van der Waals surface area contributed by atoms with Crippen LogP contribution in [0.4, 0.5) is 0 Å². The SMILES string of the molecule is CC/C=C\C/C=C\C/C=C\C/C=C\C/C=C\C/C=C\C/C=C\CCCCCCCCCCCCCCCC(=O)OC(COC(=O)CCCCCCCCCCCCCCCCCCCCCCCCCC/C=C\C/C=C\C/C=C\CCCCCCC)COC(OCC[N+](C)(C)C)C(=O)O. The Hall–Kier alpha value is -4.31. The number of carboxylic acids is 1. The first kappa shape index (κ1) is 94.7. The van der Waals surface area contributed by atoms with E-state index in [0.717, 1.165) is 103 Å². The molecule has 0 fully saturated rings. The minimum Gasteiger partial charge on any atom is -0.477 e. The van der Waals surface area contributed by atoms with Crippen LogP contribution in [-0.4, -0.2) is 87.4 Å². The smallest absolute Gasteiger partial charge is 0.361 e. The van der Waals surface area contributed by atoms with Gasteiger partial charge in [0.05, 0.1) is 34.4 Å². The molecule has 0 aromatic rings. The molecule has 0 amide bonds. The summed E-state index contributed by atoms with van der Waals surface area (Å²) in [5.74, 6) is -1.99. The number of nitrogens with zero attached hydrogens (tertiary/aromatic N) is 1. The van der Waals surface area contributed by atoms with Crippen molar-refractivity contribution in [3.8, 4) is 0 Å². The van der Waals surface area contributed by atoms with Crippen LogP contribution in [0, 0.1) is 0 Å². The number of quaternary nitrogens is 1. The van der Waals surface area contributed by atoms with Gasteiger partial charge in [0, 0.05) is 12.8 Å². The number of aliphatic carboxylic acids is 1. The number of carbonyl (C=O) groups excluding carboxylic acids is 2. The molecule has 0 radical (unpaired) electrons. The largest absolute Gasteiger partial charge is 0.477 e. The van der Waals surface area contributed by atoms with Crippen LogP contribution in [0.1, 0.15) is 373 Å². The van der Waals surface area contributed by atoms with Crippen molar-refractivity contribution in [1.29, 1.82) is 0 Å². The average molecular weight is 1380 g/mol. The molecular formula is C90H158NO8+. The van der Waals surface area contributed by atoms with E-state index in [1.807, 2.05) is 21.1 Å². The van der Waals surface area contributed by atoms with Gasteiger partial charge in [-0.25, -0.2) is 4.79 Å². The number of ether oxygens (including phenoxy) is 4. The fourth-order valence-electron chi connectivity index (χ4n) is 11.9. The van der Waals surface area contributed by atoms with Crippen molar-refractivity contribution >= 4 is 17.9 Å². The standard InChI is InChI=1S/C90H157NO8/c1-6-8-10-12-14-16-18-20-22-24-26-28-30-32-34-36-38-40-42-43-44-45-47-48-50-52-54-56-58-60-62-64-66-68-70-72-74-76-78-80-87(92)97-84-86(85-98-90(89(94)95)96-83-82-91(3,4)5)99-88(93)81-79-77-75-73-71-69-67-65-63-61-59-57-55-53-51-49-46-41-39-37-35-33-31-29-27-25-23-21-19-17-15-13-11-9-7-2/h9,11,15,17-18,20-21,23-24,26-27,29-30,32-33,35,39,41,49,51,86,90H,6-8,10,12-14,16,19,22,25,28,31,34,36-38,40,42-48,50,52-85H2,1-5H3/p+1/b11-9-,17-15-,20-18-,23-21-,26-24-,29-27-,32-30-,35-33-,41-39-,51-49-. The summed E-state index contributed by atoms with van der Waals surface area (Å²) in [5, 5.41) is 9.78. The molecule has 0 aromatic carbocycles. The Morgan fingerprint density at radius 1 is 0.313 bits per heavy atom. The molecule has 0 heterocycles. The van der Waals surface area contributed by atoms with Crippen molar-refractivity contribution in [3.05, 3.63) is 122 Å². The minimum atomic E-state index is -1.52. The zero-order chi connectivity index (χ0) is 71.8. The molecule has 0 saturated carbocycles. The highest BCUT2D eigenvalue weighted by Crippen LogP contribution is 2.19. The Morgan fingerprint density at radius 2 is 0.576 bits per heavy atom. The summed E-state index contributed by atoms with van der Waals surface area (Å²) in [5.41, 5.74) is 0. The van der Waals surface area contributed by atoms with Gasteiger partial charge in [-0.3, -0.25) is 9.59 Å². The lowest BCUT2D eigenvalue weighted by atomic mass is 10.0. The molecule has 9 heteroatoms. The second-order valence-corrected chi connectivity index (χ2v) is 29.1. The molecule has 2 atom stereocenters. The van der Waals surface area contributed by atoms with Gasteiger partial charge in [-0.05, 0) is 109 Å². The Balaban J connectivity index is 4.00. The molecule has 1 N–H and O–H groups in total. The molecule has 0 aliphatic carbocycles.